The van der Waals surface area contributed by atoms with Crippen LogP contribution in [0.1, 0.15) is 20.3 Å². The molecule has 1 amide bonds. The third-order valence-electron chi connectivity index (χ3n) is 3.62. The second kappa shape index (κ2) is 9.41. The van der Waals surface area contributed by atoms with Crippen LogP contribution < -0.4 is 14.8 Å². The fourth-order valence-corrected chi connectivity index (χ4v) is 3.96. The molecule has 0 aliphatic heterocycles. The van der Waals surface area contributed by atoms with Crippen LogP contribution in [0.25, 0.3) is 0 Å². The van der Waals surface area contributed by atoms with Gasteiger partial charge in [-0.1, -0.05) is 30.1 Å². The Hall–Kier alpha value is -1.80. The predicted molar refractivity (Wildman–Crippen MR) is 107 cm³/mol. The van der Waals surface area contributed by atoms with Gasteiger partial charge in [0.15, 0.2) is 6.61 Å². The first-order valence-electron chi connectivity index (χ1n) is 8.20. The van der Waals surface area contributed by atoms with Gasteiger partial charge in [-0.3, -0.25) is 4.79 Å². The van der Waals surface area contributed by atoms with Gasteiger partial charge < -0.3 is 10.1 Å². The summed E-state index contributed by atoms with van der Waals surface area (Å²) in [7, 11) is -3.58. The zero-order valence-electron chi connectivity index (χ0n) is 14.8. The molecule has 2 aromatic rings. The van der Waals surface area contributed by atoms with Crippen molar-refractivity contribution < 1.29 is 17.9 Å². The van der Waals surface area contributed by atoms with Crippen molar-refractivity contribution >= 4 is 44.8 Å². The average molecular weight is 431 g/mol. The van der Waals surface area contributed by atoms with Crippen molar-refractivity contribution in [2.75, 3.05) is 11.9 Å². The fourth-order valence-electron chi connectivity index (χ4n) is 2.10. The first-order valence-corrected chi connectivity index (χ1v) is 10.4. The molecule has 2 rings (SSSR count). The van der Waals surface area contributed by atoms with E-state index in [2.05, 4.69) is 10.0 Å². The van der Waals surface area contributed by atoms with Gasteiger partial charge in [-0.05, 0) is 55.8 Å². The van der Waals surface area contributed by atoms with Crippen molar-refractivity contribution in [3.05, 3.63) is 52.5 Å². The highest BCUT2D eigenvalue weighted by atomic mass is 35.5. The number of amides is 1. The second-order valence-electron chi connectivity index (χ2n) is 5.90. The number of rotatable bonds is 8. The molecule has 6 nitrogen and oxygen atoms in total. The van der Waals surface area contributed by atoms with E-state index in [1.165, 1.54) is 24.3 Å². The average Bonchev–Trinajstić information content (AvgIpc) is 2.59. The lowest BCUT2D eigenvalue weighted by Crippen LogP contribution is -2.31. The van der Waals surface area contributed by atoms with E-state index < -0.39 is 15.9 Å². The number of carbonyl (C=O) groups is 1. The Morgan fingerprint density at radius 2 is 1.70 bits per heavy atom. The summed E-state index contributed by atoms with van der Waals surface area (Å²) in [5, 5.41) is 3.43. The number of hydrogen-bond acceptors (Lipinski definition) is 4. The Balaban J connectivity index is 1.93. The maximum Gasteiger partial charge on any atom is 0.262 e. The summed E-state index contributed by atoms with van der Waals surface area (Å²) in [4.78, 5) is 12.1. The number of anilines is 1. The van der Waals surface area contributed by atoms with Crippen LogP contribution >= 0.6 is 23.2 Å². The summed E-state index contributed by atoms with van der Waals surface area (Å²) in [6.45, 7) is 3.44. The molecule has 0 spiro atoms. The lowest BCUT2D eigenvalue weighted by Gasteiger charge is -2.12. The number of sulfonamides is 1. The monoisotopic (exact) mass is 430 g/mol. The van der Waals surface area contributed by atoms with Crippen LogP contribution in [0.4, 0.5) is 5.69 Å². The summed E-state index contributed by atoms with van der Waals surface area (Å²) in [5.41, 5.74) is 0.457. The quantitative estimate of drug-likeness (QED) is 0.660. The van der Waals surface area contributed by atoms with Crippen molar-refractivity contribution in [2.24, 2.45) is 0 Å². The summed E-state index contributed by atoms with van der Waals surface area (Å²) in [6, 6.07) is 10.4. The maximum absolute atomic E-state index is 12.2. The molecule has 27 heavy (non-hydrogen) atoms. The molecular formula is C18H20Cl2N2O4S. The van der Waals surface area contributed by atoms with Crippen molar-refractivity contribution in [3.63, 3.8) is 0 Å². The van der Waals surface area contributed by atoms with Crippen molar-refractivity contribution in [3.8, 4) is 5.75 Å². The Morgan fingerprint density at radius 1 is 1.11 bits per heavy atom. The number of carbonyl (C=O) groups excluding carboxylic acids is 1. The molecule has 0 fully saturated rings. The van der Waals surface area contributed by atoms with Crippen molar-refractivity contribution in [2.45, 2.75) is 31.2 Å². The highest BCUT2D eigenvalue weighted by molar-refractivity contribution is 7.89. The molecule has 0 saturated carbocycles. The normalized spacial score (nSPS) is 12.4. The van der Waals surface area contributed by atoms with Crippen LogP contribution in [-0.4, -0.2) is 27.0 Å². The molecule has 0 unspecified atom stereocenters. The van der Waals surface area contributed by atoms with Crippen LogP contribution in [-0.2, 0) is 14.8 Å². The van der Waals surface area contributed by atoms with Gasteiger partial charge in [-0.2, -0.15) is 0 Å². The summed E-state index contributed by atoms with van der Waals surface area (Å²) < 4.78 is 32.4. The van der Waals surface area contributed by atoms with Gasteiger partial charge in [0.05, 0.1) is 4.90 Å². The number of hydrogen-bond donors (Lipinski definition) is 2. The van der Waals surface area contributed by atoms with E-state index in [-0.39, 0.29) is 17.5 Å². The van der Waals surface area contributed by atoms with Crippen LogP contribution in [0.15, 0.2) is 47.4 Å². The molecule has 0 aliphatic rings. The molecule has 0 aliphatic carbocycles. The Labute approximate surface area is 168 Å². The van der Waals surface area contributed by atoms with Gasteiger partial charge in [0.1, 0.15) is 5.75 Å². The van der Waals surface area contributed by atoms with E-state index in [0.29, 0.717) is 27.9 Å². The first-order chi connectivity index (χ1) is 12.7. The summed E-state index contributed by atoms with van der Waals surface area (Å²) in [5.74, 6) is -0.0276. The lowest BCUT2D eigenvalue weighted by atomic mass is 10.3. The van der Waals surface area contributed by atoms with Gasteiger partial charge in [0.25, 0.3) is 5.91 Å². The van der Waals surface area contributed by atoms with Gasteiger partial charge >= 0.3 is 0 Å². The van der Waals surface area contributed by atoms with E-state index in [0.717, 1.165) is 0 Å². The number of halogens is 2. The van der Waals surface area contributed by atoms with Crippen LogP contribution in [0, 0.1) is 0 Å². The standard InChI is InChI=1S/C18H20Cl2N2O4S/c1-3-12(2)22-27(24,25)17-6-4-16(5-7-17)26-11-18(23)21-15-9-13(19)8-14(20)10-15/h4-10,12,22H,3,11H2,1-2H3,(H,21,23)/t12-/m0/s1. The molecule has 2 N–H and O–H groups in total. The fraction of sp³-hybridized carbons (Fsp3) is 0.278. The Morgan fingerprint density at radius 3 is 2.26 bits per heavy atom. The van der Waals surface area contributed by atoms with E-state index in [9.17, 15) is 13.2 Å². The van der Waals surface area contributed by atoms with Gasteiger partial charge in [0, 0.05) is 21.8 Å². The van der Waals surface area contributed by atoms with Crippen LogP contribution in [0.2, 0.25) is 10.0 Å². The zero-order chi connectivity index (χ0) is 20.0. The summed E-state index contributed by atoms with van der Waals surface area (Å²) in [6.07, 6.45) is 0.688. The minimum Gasteiger partial charge on any atom is -0.484 e. The molecule has 9 heteroatoms. The Kier molecular flexibility index (Phi) is 7.49. The minimum atomic E-state index is -3.58. The molecule has 0 bridgehead atoms. The number of nitrogens with one attached hydrogen (secondary N) is 2. The van der Waals surface area contributed by atoms with Gasteiger partial charge in [0.2, 0.25) is 10.0 Å². The minimum absolute atomic E-state index is 0.133. The third-order valence-corrected chi connectivity index (χ3v) is 5.66. The first kappa shape index (κ1) is 21.5. The topological polar surface area (TPSA) is 84.5 Å². The molecule has 0 saturated heterocycles. The molecule has 0 radical (unpaired) electrons. The largest absolute Gasteiger partial charge is 0.484 e. The highest BCUT2D eigenvalue weighted by Crippen LogP contribution is 2.22. The summed E-state index contributed by atoms with van der Waals surface area (Å²) >= 11 is 11.8. The van der Waals surface area contributed by atoms with Crippen molar-refractivity contribution in [1.82, 2.24) is 4.72 Å². The highest BCUT2D eigenvalue weighted by Gasteiger charge is 2.16. The number of ether oxygens (including phenoxy) is 1. The van der Waals surface area contributed by atoms with Gasteiger partial charge in [-0.15, -0.1) is 0 Å². The molecule has 0 aromatic heterocycles. The SMILES string of the molecule is CC[C@H](C)NS(=O)(=O)c1ccc(OCC(=O)Nc2cc(Cl)cc(Cl)c2)cc1. The maximum atomic E-state index is 12.2. The van der Waals surface area contributed by atoms with E-state index in [1.807, 2.05) is 6.92 Å². The van der Waals surface area contributed by atoms with E-state index in [4.69, 9.17) is 27.9 Å². The predicted octanol–water partition coefficient (Wildman–Crippen LogP) is 4.09. The third kappa shape index (κ3) is 6.70. The zero-order valence-corrected chi connectivity index (χ0v) is 17.2. The van der Waals surface area contributed by atoms with Crippen molar-refractivity contribution in [1.29, 1.82) is 0 Å². The Bertz CT molecular complexity index is 882. The molecule has 2 aromatic carbocycles. The smallest absolute Gasteiger partial charge is 0.262 e. The second-order valence-corrected chi connectivity index (χ2v) is 8.48. The van der Waals surface area contributed by atoms with E-state index >= 15 is 0 Å². The molecular weight excluding hydrogens is 411 g/mol. The lowest BCUT2D eigenvalue weighted by molar-refractivity contribution is -0.118. The van der Waals surface area contributed by atoms with Gasteiger partial charge in [-0.25, -0.2) is 13.1 Å². The molecule has 146 valence electrons. The van der Waals surface area contributed by atoms with E-state index in [1.54, 1.807) is 25.1 Å². The molecule has 1 atom stereocenters. The van der Waals surface area contributed by atoms with Crippen LogP contribution in [0.5, 0.6) is 5.75 Å². The van der Waals surface area contributed by atoms with Crippen LogP contribution in [0.3, 0.4) is 0 Å². The number of benzene rings is 2. The molecule has 0 heterocycles.